The van der Waals surface area contributed by atoms with Gasteiger partial charge in [0.05, 0.1) is 0 Å². The molecule has 0 heterocycles. The van der Waals surface area contributed by atoms with Gasteiger partial charge in [-0.3, -0.25) is 0 Å². The van der Waals surface area contributed by atoms with Crippen molar-refractivity contribution >= 4 is 28.9 Å². The van der Waals surface area contributed by atoms with Gasteiger partial charge in [0.1, 0.15) is 18.5 Å². The number of aliphatic hydroxyl groups excluding tert-OH is 1. The summed E-state index contributed by atoms with van der Waals surface area (Å²) >= 11 is 11.6. The molecule has 2 aromatic carbocycles. The first-order valence-corrected chi connectivity index (χ1v) is 6.95. The molecule has 1 atom stereocenters. The summed E-state index contributed by atoms with van der Waals surface area (Å²) < 4.78 is 5.46. The van der Waals surface area contributed by atoms with Crippen molar-refractivity contribution < 1.29 is 9.84 Å². The van der Waals surface area contributed by atoms with Crippen LogP contribution >= 0.6 is 23.2 Å². The molecule has 1 unspecified atom stereocenters. The minimum Gasteiger partial charge on any atom is -0.491 e. The van der Waals surface area contributed by atoms with Crippen LogP contribution in [0.1, 0.15) is 0 Å². The highest BCUT2D eigenvalue weighted by atomic mass is 35.5. The van der Waals surface area contributed by atoms with Gasteiger partial charge in [0.15, 0.2) is 0 Å². The van der Waals surface area contributed by atoms with Crippen LogP contribution in [0.3, 0.4) is 0 Å². The molecule has 2 N–H and O–H groups in total. The van der Waals surface area contributed by atoms with Crippen LogP contribution in [-0.2, 0) is 0 Å². The average molecular weight is 312 g/mol. The molecule has 0 fully saturated rings. The summed E-state index contributed by atoms with van der Waals surface area (Å²) in [5.41, 5.74) is 0.903. The van der Waals surface area contributed by atoms with E-state index in [4.69, 9.17) is 27.9 Å². The van der Waals surface area contributed by atoms with Gasteiger partial charge in [-0.25, -0.2) is 0 Å². The lowest BCUT2D eigenvalue weighted by Crippen LogP contribution is -2.26. The van der Waals surface area contributed by atoms with E-state index in [1.165, 1.54) is 0 Å². The lowest BCUT2D eigenvalue weighted by Gasteiger charge is -2.14. The van der Waals surface area contributed by atoms with Gasteiger partial charge in [0.25, 0.3) is 0 Å². The second kappa shape index (κ2) is 7.39. The summed E-state index contributed by atoms with van der Waals surface area (Å²) in [6, 6.07) is 14.3. The first-order chi connectivity index (χ1) is 9.63. The third-order valence-electron chi connectivity index (χ3n) is 2.64. The van der Waals surface area contributed by atoms with Gasteiger partial charge in [0.2, 0.25) is 0 Å². The minimum atomic E-state index is -0.610. The SMILES string of the molecule is OC(CNc1ccc(Cl)cc1)COc1ccc(Cl)cc1. The summed E-state index contributed by atoms with van der Waals surface area (Å²) in [6.07, 6.45) is -0.610. The molecule has 2 aromatic rings. The maximum absolute atomic E-state index is 9.84. The smallest absolute Gasteiger partial charge is 0.119 e. The Hall–Kier alpha value is -1.42. The molecule has 0 aliphatic carbocycles. The molecule has 0 aliphatic rings. The first kappa shape index (κ1) is 15.0. The Morgan fingerprint density at radius 2 is 1.50 bits per heavy atom. The molecule has 0 radical (unpaired) electrons. The maximum Gasteiger partial charge on any atom is 0.119 e. The average Bonchev–Trinajstić information content (AvgIpc) is 2.46. The highest BCUT2D eigenvalue weighted by molar-refractivity contribution is 6.30. The molecule has 5 heteroatoms. The van der Waals surface area contributed by atoms with Gasteiger partial charge in [-0.05, 0) is 48.5 Å². The van der Waals surface area contributed by atoms with Gasteiger partial charge >= 0.3 is 0 Å². The van der Waals surface area contributed by atoms with E-state index in [9.17, 15) is 5.11 Å². The predicted molar refractivity (Wildman–Crippen MR) is 82.9 cm³/mol. The van der Waals surface area contributed by atoms with Crippen LogP contribution < -0.4 is 10.1 Å². The van der Waals surface area contributed by atoms with Gasteiger partial charge in [-0.2, -0.15) is 0 Å². The van der Waals surface area contributed by atoms with Crippen LogP contribution in [0, 0.1) is 0 Å². The van der Waals surface area contributed by atoms with E-state index in [1.54, 1.807) is 36.4 Å². The zero-order valence-corrected chi connectivity index (χ0v) is 12.2. The Labute approximate surface area is 128 Å². The molecule has 2 rings (SSSR count). The van der Waals surface area contributed by atoms with Crippen LogP contribution in [-0.4, -0.2) is 24.4 Å². The summed E-state index contributed by atoms with van der Waals surface area (Å²) in [6.45, 7) is 0.609. The van der Waals surface area contributed by atoms with E-state index in [-0.39, 0.29) is 6.61 Å². The fraction of sp³-hybridized carbons (Fsp3) is 0.200. The van der Waals surface area contributed by atoms with Gasteiger partial charge in [-0.15, -0.1) is 0 Å². The van der Waals surface area contributed by atoms with Crippen LogP contribution in [0.25, 0.3) is 0 Å². The summed E-state index contributed by atoms with van der Waals surface area (Å²) in [5, 5.41) is 14.3. The molecule has 0 amide bonds. The normalized spacial score (nSPS) is 11.9. The number of ether oxygens (including phenoxy) is 1. The van der Waals surface area contributed by atoms with Crippen LogP contribution in [0.4, 0.5) is 5.69 Å². The third kappa shape index (κ3) is 4.93. The van der Waals surface area contributed by atoms with Crippen molar-refractivity contribution in [3.05, 3.63) is 58.6 Å². The Morgan fingerprint density at radius 1 is 0.950 bits per heavy atom. The maximum atomic E-state index is 9.84. The Morgan fingerprint density at radius 3 is 2.10 bits per heavy atom. The number of rotatable bonds is 6. The summed E-state index contributed by atoms with van der Waals surface area (Å²) in [7, 11) is 0. The van der Waals surface area contributed by atoms with E-state index in [2.05, 4.69) is 5.32 Å². The van der Waals surface area contributed by atoms with E-state index in [0.717, 1.165) is 5.69 Å². The Bertz CT molecular complexity index is 479. The summed E-state index contributed by atoms with van der Waals surface area (Å²) in [5.74, 6) is 0.681. The molecule has 0 aromatic heterocycles. The number of benzene rings is 2. The van der Waals surface area contributed by atoms with Crippen molar-refractivity contribution in [1.82, 2.24) is 0 Å². The second-order valence-corrected chi connectivity index (χ2v) is 5.18. The quantitative estimate of drug-likeness (QED) is 0.851. The van der Waals surface area contributed by atoms with Crippen molar-refractivity contribution in [3.8, 4) is 5.75 Å². The molecular weight excluding hydrogens is 297 g/mol. The molecule has 20 heavy (non-hydrogen) atoms. The molecule has 0 bridgehead atoms. The lowest BCUT2D eigenvalue weighted by atomic mass is 10.3. The third-order valence-corrected chi connectivity index (χ3v) is 3.15. The monoisotopic (exact) mass is 311 g/mol. The molecule has 0 spiro atoms. The number of halogens is 2. The van der Waals surface area contributed by atoms with Crippen LogP contribution in [0.2, 0.25) is 10.0 Å². The highest BCUT2D eigenvalue weighted by Crippen LogP contribution is 2.16. The van der Waals surface area contributed by atoms with Gasteiger partial charge in [0, 0.05) is 22.3 Å². The van der Waals surface area contributed by atoms with Gasteiger partial charge < -0.3 is 15.2 Å². The van der Waals surface area contributed by atoms with Crippen molar-refractivity contribution in [3.63, 3.8) is 0 Å². The van der Waals surface area contributed by atoms with Gasteiger partial charge in [-0.1, -0.05) is 23.2 Å². The second-order valence-electron chi connectivity index (χ2n) is 4.31. The van der Waals surface area contributed by atoms with Crippen molar-refractivity contribution in [2.75, 3.05) is 18.5 Å². The largest absolute Gasteiger partial charge is 0.491 e. The number of nitrogens with one attached hydrogen (secondary N) is 1. The molecule has 0 aliphatic heterocycles. The molecule has 0 saturated heterocycles. The Balaban J connectivity index is 1.73. The first-order valence-electron chi connectivity index (χ1n) is 6.19. The van der Waals surface area contributed by atoms with E-state index < -0.39 is 6.10 Å². The topological polar surface area (TPSA) is 41.5 Å². The number of aliphatic hydroxyl groups is 1. The lowest BCUT2D eigenvalue weighted by molar-refractivity contribution is 0.117. The number of hydrogen-bond acceptors (Lipinski definition) is 3. The van der Waals surface area contributed by atoms with Crippen LogP contribution in [0.15, 0.2) is 48.5 Å². The van der Waals surface area contributed by atoms with Crippen molar-refractivity contribution in [1.29, 1.82) is 0 Å². The molecule has 3 nitrogen and oxygen atoms in total. The Kier molecular flexibility index (Phi) is 5.53. The minimum absolute atomic E-state index is 0.211. The fourth-order valence-corrected chi connectivity index (χ4v) is 1.84. The van der Waals surface area contributed by atoms with Crippen LogP contribution in [0.5, 0.6) is 5.75 Å². The predicted octanol–water partition coefficient (Wildman–Crippen LogP) is 3.85. The molecular formula is C15H15Cl2NO2. The van der Waals surface area contributed by atoms with E-state index in [1.807, 2.05) is 12.1 Å². The van der Waals surface area contributed by atoms with Crippen molar-refractivity contribution in [2.45, 2.75) is 6.10 Å². The molecule has 106 valence electrons. The number of anilines is 1. The highest BCUT2D eigenvalue weighted by Gasteiger charge is 2.05. The number of hydrogen-bond donors (Lipinski definition) is 2. The fourth-order valence-electron chi connectivity index (χ4n) is 1.59. The zero-order valence-electron chi connectivity index (χ0n) is 10.7. The van der Waals surface area contributed by atoms with E-state index >= 15 is 0 Å². The van der Waals surface area contributed by atoms with E-state index in [0.29, 0.717) is 22.3 Å². The summed E-state index contributed by atoms with van der Waals surface area (Å²) in [4.78, 5) is 0. The zero-order chi connectivity index (χ0) is 14.4. The standard InChI is InChI=1S/C15H15Cl2NO2/c16-11-1-5-13(6-2-11)18-9-14(19)10-20-15-7-3-12(17)4-8-15/h1-8,14,18-19H,9-10H2. The molecule has 0 saturated carbocycles. The van der Waals surface area contributed by atoms with Crippen molar-refractivity contribution in [2.24, 2.45) is 0 Å².